The Balaban J connectivity index is 2.33. The fraction of sp³-hybridized carbons (Fsp3) is 0. The van der Waals surface area contributed by atoms with Crippen molar-refractivity contribution in [2.45, 2.75) is 0 Å². The third-order valence-corrected chi connectivity index (χ3v) is 1.64. The molecule has 0 aliphatic rings. The van der Waals surface area contributed by atoms with Gasteiger partial charge in [0.05, 0.1) is 6.20 Å². The maximum Gasteiger partial charge on any atom is 0.512 e. The number of halogens is 2. The van der Waals surface area contributed by atoms with Crippen molar-refractivity contribution in [1.29, 1.82) is 0 Å². The molecule has 2 aromatic rings. The van der Waals surface area contributed by atoms with Crippen LogP contribution in [0.3, 0.4) is 0 Å². The molecule has 7 nitrogen and oxygen atoms in total. The molecule has 0 unspecified atom stereocenters. The van der Waals surface area contributed by atoms with Gasteiger partial charge in [0.15, 0.2) is 5.82 Å². The lowest BCUT2D eigenvalue weighted by Gasteiger charge is -1.99. The van der Waals surface area contributed by atoms with Crippen molar-refractivity contribution < 1.29 is 23.4 Å². The fourth-order valence-electron chi connectivity index (χ4n) is 1.04. The van der Waals surface area contributed by atoms with Crippen LogP contribution in [0.4, 0.5) is 13.6 Å². The minimum atomic E-state index is -1.58. The van der Waals surface area contributed by atoms with Crippen molar-refractivity contribution in [3.8, 4) is 11.7 Å². The highest BCUT2D eigenvalue weighted by Gasteiger charge is 2.12. The molecule has 2 heterocycles. The average Bonchev–Trinajstić information content (AvgIpc) is 2.65. The Kier molecular flexibility index (Phi) is 2.65. The van der Waals surface area contributed by atoms with Crippen molar-refractivity contribution in [2.24, 2.45) is 0 Å². The molecule has 0 bridgehead atoms. The van der Waals surface area contributed by atoms with Gasteiger partial charge in [-0.3, -0.25) is 0 Å². The highest BCUT2D eigenvalue weighted by Crippen LogP contribution is 2.11. The van der Waals surface area contributed by atoms with Gasteiger partial charge in [0, 0.05) is 6.07 Å². The largest absolute Gasteiger partial charge is 0.512 e. The van der Waals surface area contributed by atoms with E-state index in [9.17, 15) is 13.6 Å². The van der Waals surface area contributed by atoms with Gasteiger partial charge in [0.2, 0.25) is 5.82 Å². The number of pyridine rings is 1. The zero-order chi connectivity index (χ0) is 12.4. The van der Waals surface area contributed by atoms with Crippen LogP contribution in [0.15, 0.2) is 18.5 Å². The summed E-state index contributed by atoms with van der Waals surface area (Å²) in [5, 5.41) is 15.3. The van der Waals surface area contributed by atoms with E-state index in [4.69, 9.17) is 5.11 Å². The van der Waals surface area contributed by atoms with Crippen LogP contribution >= 0.6 is 0 Å². The molecule has 88 valence electrons. The number of carbonyl (C=O) groups is 1. The summed E-state index contributed by atoms with van der Waals surface area (Å²) in [6, 6.07) is 0.601. The van der Waals surface area contributed by atoms with Crippen molar-refractivity contribution >= 4 is 6.16 Å². The van der Waals surface area contributed by atoms with Crippen LogP contribution in [-0.2, 0) is 0 Å². The van der Waals surface area contributed by atoms with E-state index in [0.717, 1.165) is 12.4 Å². The molecule has 1 N–H and O–H groups in total. The molecular formula is C8H4F2N4O3. The lowest BCUT2D eigenvalue weighted by molar-refractivity contribution is 0.142. The Morgan fingerprint density at radius 3 is 2.82 bits per heavy atom. The summed E-state index contributed by atoms with van der Waals surface area (Å²) in [6.45, 7) is 0. The van der Waals surface area contributed by atoms with Crippen LogP contribution in [0.2, 0.25) is 0 Å². The van der Waals surface area contributed by atoms with Gasteiger partial charge in [0.25, 0.3) is 5.88 Å². The molecule has 0 atom stereocenters. The summed E-state index contributed by atoms with van der Waals surface area (Å²) >= 11 is 0. The van der Waals surface area contributed by atoms with E-state index < -0.39 is 17.8 Å². The number of nitrogens with zero attached hydrogens (tertiary/aromatic N) is 4. The van der Waals surface area contributed by atoms with Crippen LogP contribution in [0.25, 0.3) is 5.82 Å². The second kappa shape index (κ2) is 4.12. The molecule has 0 spiro atoms. The first-order chi connectivity index (χ1) is 8.06. The highest BCUT2D eigenvalue weighted by molar-refractivity contribution is 5.59. The van der Waals surface area contributed by atoms with Crippen LogP contribution in [0.1, 0.15) is 0 Å². The molecule has 0 saturated heterocycles. The predicted molar refractivity (Wildman–Crippen MR) is 47.7 cm³/mol. The summed E-state index contributed by atoms with van der Waals surface area (Å²) < 4.78 is 30.0. The van der Waals surface area contributed by atoms with Crippen LogP contribution < -0.4 is 4.74 Å². The zero-order valence-corrected chi connectivity index (χ0v) is 8.04. The maximum atomic E-state index is 13.2. The Hall–Kier alpha value is -2.58. The third-order valence-electron chi connectivity index (χ3n) is 1.64. The fourth-order valence-corrected chi connectivity index (χ4v) is 1.04. The van der Waals surface area contributed by atoms with E-state index in [1.807, 2.05) is 0 Å². The SMILES string of the molecule is O=C(O)Oc1cnn(-c2ncc(F)cc2F)n1. The van der Waals surface area contributed by atoms with Crippen LogP contribution in [-0.4, -0.2) is 31.2 Å². The van der Waals surface area contributed by atoms with Crippen LogP contribution in [0, 0.1) is 11.6 Å². The molecule has 0 aliphatic heterocycles. The molecule has 0 aliphatic carbocycles. The lowest BCUT2D eigenvalue weighted by Crippen LogP contribution is -2.07. The smallest absolute Gasteiger partial charge is 0.449 e. The molecule has 2 aromatic heterocycles. The van der Waals surface area contributed by atoms with Crippen molar-refractivity contribution in [1.82, 2.24) is 20.0 Å². The van der Waals surface area contributed by atoms with Gasteiger partial charge in [-0.25, -0.2) is 18.6 Å². The standard InChI is InChI=1S/C8H4F2N4O3/c9-4-1-5(10)7(11-2-4)14-12-3-6(13-14)17-8(15)16/h1-3H,(H,15,16). The van der Waals surface area contributed by atoms with Gasteiger partial charge in [-0.1, -0.05) is 0 Å². The van der Waals surface area contributed by atoms with Gasteiger partial charge in [-0.2, -0.15) is 5.10 Å². The summed E-state index contributed by atoms with van der Waals surface area (Å²) in [7, 11) is 0. The third kappa shape index (κ3) is 2.33. The van der Waals surface area contributed by atoms with Gasteiger partial charge >= 0.3 is 6.16 Å². The molecule has 0 radical (unpaired) electrons. The number of ether oxygens (including phenoxy) is 1. The van der Waals surface area contributed by atoms with Crippen molar-refractivity contribution in [2.75, 3.05) is 0 Å². The Morgan fingerprint density at radius 1 is 1.41 bits per heavy atom. The summed E-state index contributed by atoms with van der Waals surface area (Å²) in [6.07, 6.45) is 0.155. The molecule has 0 aromatic carbocycles. The van der Waals surface area contributed by atoms with Gasteiger partial charge < -0.3 is 9.84 Å². The second-order valence-electron chi connectivity index (χ2n) is 2.80. The normalized spacial score (nSPS) is 10.2. The Morgan fingerprint density at radius 2 is 2.18 bits per heavy atom. The topological polar surface area (TPSA) is 90.1 Å². The van der Waals surface area contributed by atoms with Gasteiger partial charge in [0.1, 0.15) is 12.0 Å². The minimum absolute atomic E-state index is 0.344. The van der Waals surface area contributed by atoms with E-state index in [1.54, 1.807) is 0 Å². The molecule has 2 rings (SSSR count). The van der Waals surface area contributed by atoms with Crippen molar-refractivity contribution in [3.63, 3.8) is 0 Å². The lowest BCUT2D eigenvalue weighted by atomic mass is 10.4. The minimum Gasteiger partial charge on any atom is -0.449 e. The maximum absolute atomic E-state index is 13.2. The van der Waals surface area contributed by atoms with Gasteiger partial charge in [-0.15, -0.1) is 9.90 Å². The average molecular weight is 242 g/mol. The number of rotatable bonds is 2. The highest BCUT2D eigenvalue weighted by atomic mass is 19.1. The first-order valence-electron chi connectivity index (χ1n) is 4.21. The monoisotopic (exact) mass is 242 g/mol. The van der Waals surface area contributed by atoms with E-state index in [1.165, 1.54) is 0 Å². The summed E-state index contributed by atoms with van der Waals surface area (Å²) in [5.74, 6) is -2.54. The van der Waals surface area contributed by atoms with E-state index >= 15 is 0 Å². The number of aromatic nitrogens is 4. The quantitative estimate of drug-likeness (QED) is 0.790. The molecule has 0 amide bonds. The van der Waals surface area contributed by atoms with E-state index in [0.29, 0.717) is 10.9 Å². The summed E-state index contributed by atoms with van der Waals surface area (Å²) in [5.41, 5.74) is 0. The second-order valence-corrected chi connectivity index (χ2v) is 2.80. The Bertz CT molecular complexity index is 572. The van der Waals surface area contributed by atoms with Crippen molar-refractivity contribution in [3.05, 3.63) is 30.1 Å². The predicted octanol–water partition coefficient (Wildman–Crippen LogP) is 0.997. The Labute approximate surface area is 92.3 Å². The molecule has 0 saturated carbocycles. The molecular weight excluding hydrogens is 238 g/mol. The molecule has 0 fully saturated rings. The van der Waals surface area contributed by atoms with Gasteiger partial charge in [-0.05, 0) is 0 Å². The first kappa shape index (κ1) is 10.9. The van der Waals surface area contributed by atoms with E-state index in [-0.39, 0.29) is 11.7 Å². The number of hydrogen-bond acceptors (Lipinski definition) is 5. The van der Waals surface area contributed by atoms with Crippen LogP contribution in [0.5, 0.6) is 5.88 Å². The molecule has 9 heteroatoms. The van der Waals surface area contributed by atoms with E-state index in [2.05, 4.69) is 19.9 Å². The number of hydrogen-bond donors (Lipinski definition) is 1. The first-order valence-corrected chi connectivity index (χ1v) is 4.21. The summed E-state index contributed by atoms with van der Waals surface area (Å²) in [4.78, 5) is 14.3. The number of carboxylic acid groups (broad SMARTS) is 1. The molecule has 17 heavy (non-hydrogen) atoms. The zero-order valence-electron chi connectivity index (χ0n) is 8.04.